The summed E-state index contributed by atoms with van der Waals surface area (Å²) in [5.74, 6) is 2.41. The third kappa shape index (κ3) is 2.69. The monoisotopic (exact) mass is 281 g/mol. The topological polar surface area (TPSA) is 39.1 Å². The summed E-state index contributed by atoms with van der Waals surface area (Å²) in [4.78, 5) is 0. The Hall–Kier alpha value is -0.520. The van der Waals surface area contributed by atoms with Crippen LogP contribution in [0.1, 0.15) is 36.6 Å². The van der Waals surface area contributed by atoms with Gasteiger partial charge in [0.05, 0.1) is 17.3 Å². The molecule has 1 aromatic rings. The van der Waals surface area contributed by atoms with Crippen molar-refractivity contribution in [3.8, 4) is 0 Å². The van der Waals surface area contributed by atoms with Crippen molar-refractivity contribution in [2.45, 2.75) is 44.4 Å². The maximum absolute atomic E-state index is 6.09. The normalized spacial score (nSPS) is 31.2. The van der Waals surface area contributed by atoms with Crippen LogP contribution in [-0.2, 0) is 11.3 Å². The van der Waals surface area contributed by atoms with Crippen molar-refractivity contribution in [3.05, 3.63) is 17.5 Å². The van der Waals surface area contributed by atoms with Gasteiger partial charge in [0.15, 0.2) is 0 Å². The Bertz CT molecular complexity index is 440. The molecule has 2 unspecified atom stereocenters. The molecule has 0 aliphatic carbocycles. The molecule has 2 fully saturated rings. The maximum atomic E-state index is 6.09. The summed E-state index contributed by atoms with van der Waals surface area (Å²) in [6.07, 6.45) is 5.64. The molecule has 3 heterocycles. The predicted octanol–water partition coefficient (Wildman–Crippen LogP) is 2.14. The number of aromatic nitrogens is 2. The highest BCUT2D eigenvalue weighted by molar-refractivity contribution is 7.99. The van der Waals surface area contributed by atoms with Crippen LogP contribution in [0.4, 0.5) is 0 Å². The molecule has 2 aliphatic rings. The molecule has 0 radical (unpaired) electrons. The summed E-state index contributed by atoms with van der Waals surface area (Å²) in [6, 6.07) is 0.511. The fourth-order valence-corrected chi connectivity index (χ4v) is 4.54. The van der Waals surface area contributed by atoms with Crippen molar-refractivity contribution in [1.82, 2.24) is 15.1 Å². The minimum atomic E-state index is 0.136. The van der Waals surface area contributed by atoms with E-state index in [0.717, 1.165) is 37.4 Å². The van der Waals surface area contributed by atoms with Crippen LogP contribution in [-0.4, -0.2) is 40.5 Å². The third-order valence-electron chi connectivity index (χ3n) is 4.29. The van der Waals surface area contributed by atoms with E-state index in [0.29, 0.717) is 6.04 Å². The average Bonchev–Trinajstić information content (AvgIpc) is 2.99. The molecule has 2 atom stereocenters. The highest BCUT2D eigenvalue weighted by Gasteiger charge is 2.41. The quantitative estimate of drug-likeness (QED) is 0.921. The summed E-state index contributed by atoms with van der Waals surface area (Å²) >= 11 is 2.03. The Morgan fingerprint density at radius 2 is 2.53 bits per heavy atom. The van der Waals surface area contributed by atoms with Gasteiger partial charge in [-0.05, 0) is 39.0 Å². The summed E-state index contributed by atoms with van der Waals surface area (Å²) in [5, 5.41) is 7.93. The van der Waals surface area contributed by atoms with E-state index in [2.05, 4.69) is 23.1 Å². The zero-order chi connectivity index (χ0) is 13.3. The first kappa shape index (κ1) is 13.5. The Labute approximate surface area is 119 Å². The van der Waals surface area contributed by atoms with Crippen molar-refractivity contribution in [2.24, 2.45) is 0 Å². The van der Waals surface area contributed by atoms with Gasteiger partial charge >= 0.3 is 0 Å². The van der Waals surface area contributed by atoms with Crippen LogP contribution < -0.4 is 5.32 Å². The van der Waals surface area contributed by atoms with Gasteiger partial charge in [0.25, 0.3) is 0 Å². The van der Waals surface area contributed by atoms with Crippen LogP contribution in [0.2, 0.25) is 0 Å². The van der Waals surface area contributed by atoms with E-state index >= 15 is 0 Å². The van der Waals surface area contributed by atoms with Gasteiger partial charge in [-0.2, -0.15) is 16.9 Å². The van der Waals surface area contributed by atoms with Crippen LogP contribution in [0, 0.1) is 6.92 Å². The summed E-state index contributed by atoms with van der Waals surface area (Å²) < 4.78 is 8.28. The van der Waals surface area contributed by atoms with Crippen molar-refractivity contribution in [3.63, 3.8) is 0 Å². The summed E-state index contributed by atoms with van der Waals surface area (Å²) in [6.45, 7) is 3.88. The molecular formula is C14H23N3OS. The van der Waals surface area contributed by atoms with Gasteiger partial charge in [0, 0.05) is 30.7 Å². The van der Waals surface area contributed by atoms with Crippen molar-refractivity contribution < 1.29 is 4.74 Å². The molecule has 4 nitrogen and oxygen atoms in total. The second-order valence-corrected chi connectivity index (χ2v) is 6.84. The fourth-order valence-electron chi connectivity index (χ4n) is 3.16. The summed E-state index contributed by atoms with van der Waals surface area (Å²) in [7, 11) is 1.98. The maximum Gasteiger partial charge on any atom is 0.0800 e. The molecule has 3 rings (SSSR count). The molecule has 2 aliphatic heterocycles. The van der Waals surface area contributed by atoms with E-state index in [9.17, 15) is 0 Å². The Morgan fingerprint density at radius 1 is 1.63 bits per heavy atom. The van der Waals surface area contributed by atoms with Crippen molar-refractivity contribution >= 4 is 11.8 Å². The number of rotatable bonds is 3. The van der Waals surface area contributed by atoms with Gasteiger partial charge < -0.3 is 10.1 Å². The van der Waals surface area contributed by atoms with Crippen LogP contribution in [0.3, 0.4) is 0 Å². The number of hydrogen-bond acceptors (Lipinski definition) is 4. The second kappa shape index (κ2) is 5.46. The third-order valence-corrected chi connectivity index (χ3v) is 5.52. The average molecular weight is 281 g/mol. The molecule has 0 amide bonds. The highest BCUT2D eigenvalue weighted by Crippen LogP contribution is 2.41. The van der Waals surface area contributed by atoms with E-state index < -0.39 is 0 Å². The van der Waals surface area contributed by atoms with Crippen LogP contribution in [0.25, 0.3) is 0 Å². The zero-order valence-electron chi connectivity index (χ0n) is 11.8. The fraction of sp³-hybridized carbons (Fsp3) is 0.786. The van der Waals surface area contributed by atoms with Crippen LogP contribution in [0.5, 0.6) is 0 Å². The molecule has 2 saturated heterocycles. The zero-order valence-corrected chi connectivity index (χ0v) is 12.6. The molecule has 106 valence electrons. The van der Waals surface area contributed by atoms with Gasteiger partial charge in [-0.15, -0.1) is 0 Å². The Balaban J connectivity index is 1.76. The lowest BCUT2D eigenvalue weighted by Crippen LogP contribution is -2.40. The molecule has 19 heavy (non-hydrogen) atoms. The number of nitrogens with zero attached hydrogens (tertiary/aromatic N) is 2. The number of hydrogen-bond donors (Lipinski definition) is 1. The highest BCUT2D eigenvalue weighted by atomic mass is 32.2. The lowest BCUT2D eigenvalue weighted by atomic mass is 9.90. The van der Waals surface area contributed by atoms with Gasteiger partial charge in [0.1, 0.15) is 0 Å². The van der Waals surface area contributed by atoms with Gasteiger partial charge in [0.2, 0.25) is 0 Å². The van der Waals surface area contributed by atoms with E-state index in [1.165, 1.54) is 17.7 Å². The first-order valence-electron chi connectivity index (χ1n) is 7.13. The Kier molecular flexibility index (Phi) is 3.87. The number of ether oxygens (including phenoxy) is 1. The van der Waals surface area contributed by atoms with E-state index in [1.807, 2.05) is 18.8 Å². The van der Waals surface area contributed by atoms with Crippen LogP contribution in [0.15, 0.2) is 6.20 Å². The molecule has 0 aromatic carbocycles. The molecule has 0 saturated carbocycles. The minimum Gasteiger partial charge on any atom is -0.374 e. The molecular weight excluding hydrogens is 258 g/mol. The lowest BCUT2D eigenvalue weighted by Gasteiger charge is -2.37. The predicted molar refractivity (Wildman–Crippen MR) is 78.6 cm³/mol. The first-order valence-corrected chi connectivity index (χ1v) is 8.29. The Morgan fingerprint density at radius 3 is 3.26 bits per heavy atom. The summed E-state index contributed by atoms with van der Waals surface area (Å²) in [5.41, 5.74) is 2.59. The SMILES string of the molecule is CNCc1cn(C2CCOC3(CCSC3)C2)nc1C. The van der Waals surface area contributed by atoms with Gasteiger partial charge in [-0.1, -0.05) is 0 Å². The molecule has 1 aromatic heterocycles. The second-order valence-electron chi connectivity index (χ2n) is 5.73. The van der Waals surface area contributed by atoms with Gasteiger partial charge in [-0.25, -0.2) is 0 Å². The smallest absolute Gasteiger partial charge is 0.0800 e. The van der Waals surface area contributed by atoms with E-state index in [-0.39, 0.29) is 5.60 Å². The number of aryl methyl sites for hydroxylation is 1. The van der Waals surface area contributed by atoms with Crippen molar-refractivity contribution in [1.29, 1.82) is 0 Å². The van der Waals surface area contributed by atoms with E-state index in [4.69, 9.17) is 9.84 Å². The molecule has 0 bridgehead atoms. The molecule has 5 heteroatoms. The molecule has 1 N–H and O–H groups in total. The van der Waals surface area contributed by atoms with E-state index in [1.54, 1.807) is 0 Å². The lowest BCUT2D eigenvalue weighted by molar-refractivity contribution is -0.0778. The first-order chi connectivity index (χ1) is 9.22. The minimum absolute atomic E-state index is 0.136. The van der Waals surface area contributed by atoms with Gasteiger partial charge in [-0.3, -0.25) is 4.68 Å². The van der Waals surface area contributed by atoms with Crippen LogP contribution >= 0.6 is 11.8 Å². The van der Waals surface area contributed by atoms with Crippen molar-refractivity contribution in [2.75, 3.05) is 25.2 Å². The standard InChI is InChI=1S/C14H23N3OS/c1-11-12(8-15-2)9-17(16-11)13-3-5-18-14(7-13)4-6-19-10-14/h9,13,15H,3-8,10H2,1-2H3. The largest absolute Gasteiger partial charge is 0.374 e. The number of thioether (sulfide) groups is 1. The number of nitrogens with one attached hydrogen (secondary N) is 1. The molecule has 1 spiro atoms.